The number of carbonyl (C=O) groups excluding carboxylic acids is 1. The van der Waals surface area contributed by atoms with Gasteiger partial charge in [0.05, 0.1) is 6.54 Å². The van der Waals surface area contributed by atoms with Gasteiger partial charge in [0.25, 0.3) is 0 Å². The van der Waals surface area contributed by atoms with Gasteiger partial charge in [0.1, 0.15) is 5.78 Å². The Bertz CT molecular complexity index is 119. The molecule has 58 valence electrons. The van der Waals surface area contributed by atoms with Gasteiger partial charge in [-0.2, -0.15) is 0 Å². The van der Waals surface area contributed by atoms with Crippen LogP contribution in [0.2, 0.25) is 0 Å². The first-order valence-electron chi connectivity index (χ1n) is 3.62. The van der Waals surface area contributed by atoms with E-state index in [2.05, 4.69) is 0 Å². The topological polar surface area (TPSA) is 52.3 Å². The molecular formula is C7H13NO2. The molecule has 0 radical (unpaired) electrons. The SMILES string of the molecule is NCC(=O)CC1CCOC1. The summed E-state index contributed by atoms with van der Waals surface area (Å²) in [5.41, 5.74) is 5.16. The maximum atomic E-state index is 10.8. The smallest absolute Gasteiger partial charge is 0.146 e. The first kappa shape index (κ1) is 7.69. The van der Waals surface area contributed by atoms with Crippen molar-refractivity contribution in [2.45, 2.75) is 12.8 Å². The van der Waals surface area contributed by atoms with E-state index in [1.165, 1.54) is 0 Å². The zero-order chi connectivity index (χ0) is 7.40. The first-order chi connectivity index (χ1) is 4.83. The van der Waals surface area contributed by atoms with Crippen molar-refractivity contribution < 1.29 is 9.53 Å². The molecule has 0 aromatic rings. The van der Waals surface area contributed by atoms with Crippen molar-refractivity contribution in [3.63, 3.8) is 0 Å². The van der Waals surface area contributed by atoms with Crippen LogP contribution in [0.15, 0.2) is 0 Å². The molecule has 1 aliphatic rings. The van der Waals surface area contributed by atoms with E-state index < -0.39 is 0 Å². The van der Waals surface area contributed by atoms with Gasteiger partial charge in [-0.05, 0) is 12.3 Å². The molecule has 1 saturated heterocycles. The van der Waals surface area contributed by atoms with Gasteiger partial charge in [-0.3, -0.25) is 4.79 Å². The molecule has 1 rings (SSSR count). The van der Waals surface area contributed by atoms with E-state index >= 15 is 0 Å². The summed E-state index contributed by atoms with van der Waals surface area (Å²) in [7, 11) is 0. The van der Waals surface area contributed by atoms with Crippen LogP contribution in [0.4, 0.5) is 0 Å². The molecule has 1 atom stereocenters. The van der Waals surface area contributed by atoms with Gasteiger partial charge >= 0.3 is 0 Å². The lowest BCUT2D eigenvalue weighted by atomic mass is 10.0. The number of rotatable bonds is 3. The molecule has 3 nitrogen and oxygen atoms in total. The van der Waals surface area contributed by atoms with Gasteiger partial charge < -0.3 is 10.5 Å². The van der Waals surface area contributed by atoms with E-state index in [1.54, 1.807) is 0 Å². The van der Waals surface area contributed by atoms with Crippen molar-refractivity contribution in [1.82, 2.24) is 0 Å². The largest absolute Gasteiger partial charge is 0.381 e. The standard InChI is InChI=1S/C7H13NO2/c8-4-7(9)3-6-1-2-10-5-6/h6H,1-5,8H2. The Labute approximate surface area is 60.5 Å². The highest BCUT2D eigenvalue weighted by atomic mass is 16.5. The quantitative estimate of drug-likeness (QED) is 0.602. The Morgan fingerprint density at radius 2 is 2.50 bits per heavy atom. The van der Waals surface area contributed by atoms with E-state index in [9.17, 15) is 4.79 Å². The minimum atomic E-state index is 0.149. The molecule has 0 amide bonds. The second-order valence-corrected chi connectivity index (χ2v) is 2.68. The van der Waals surface area contributed by atoms with Crippen LogP contribution in [0.5, 0.6) is 0 Å². The van der Waals surface area contributed by atoms with E-state index in [4.69, 9.17) is 10.5 Å². The van der Waals surface area contributed by atoms with E-state index in [0.717, 1.165) is 19.6 Å². The molecule has 2 N–H and O–H groups in total. The number of carbonyl (C=O) groups is 1. The molecule has 1 aliphatic heterocycles. The molecule has 0 aliphatic carbocycles. The van der Waals surface area contributed by atoms with Crippen molar-refractivity contribution >= 4 is 5.78 Å². The van der Waals surface area contributed by atoms with E-state index in [-0.39, 0.29) is 12.3 Å². The summed E-state index contributed by atoms with van der Waals surface area (Å²) < 4.78 is 5.11. The van der Waals surface area contributed by atoms with Crippen LogP contribution in [0.3, 0.4) is 0 Å². The summed E-state index contributed by atoms with van der Waals surface area (Å²) in [5, 5.41) is 0. The molecule has 3 heteroatoms. The minimum absolute atomic E-state index is 0.149. The van der Waals surface area contributed by atoms with Crippen molar-refractivity contribution in [2.24, 2.45) is 11.7 Å². The Hall–Kier alpha value is -0.410. The lowest BCUT2D eigenvalue weighted by Gasteiger charge is -2.02. The summed E-state index contributed by atoms with van der Waals surface area (Å²) in [6, 6.07) is 0. The van der Waals surface area contributed by atoms with Gasteiger partial charge in [0, 0.05) is 19.6 Å². The Morgan fingerprint density at radius 1 is 1.70 bits per heavy atom. The summed E-state index contributed by atoms with van der Waals surface area (Å²) in [5.74, 6) is 0.589. The Balaban J connectivity index is 2.17. The van der Waals surface area contributed by atoms with Crippen LogP contribution in [0, 0.1) is 5.92 Å². The molecule has 0 spiro atoms. The summed E-state index contributed by atoms with van der Waals surface area (Å²) in [6.45, 7) is 1.73. The predicted octanol–water partition coefficient (Wildman–Crippen LogP) is -0.0592. The number of Topliss-reactive ketones (excluding diaryl/α,β-unsaturated/α-hetero) is 1. The highest BCUT2D eigenvalue weighted by Crippen LogP contribution is 2.15. The van der Waals surface area contributed by atoms with Crippen molar-refractivity contribution in [3.05, 3.63) is 0 Å². The second-order valence-electron chi connectivity index (χ2n) is 2.68. The molecule has 1 heterocycles. The average Bonchev–Trinajstić information content (AvgIpc) is 2.40. The third-order valence-corrected chi connectivity index (χ3v) is 1.77. The molecule has 1 unspecified atom stereocenters. The fraction of sp³-hybridized carbons (Fsp3) is 0.857. The third kappa shape index (κ3) is 2.08. The first-order valence-corrected chi connectivity index (χ1v) is 3.62. The molecule has 0 aromatic heterocycles. The fourth-order valence-electron chi connectivity index (χ4n) is 1.15. The molecular weight excluding hydrogens is 130 g/mol. The van der Waals surface area contributed by atoms with Crippen molar-refractivity contribution in [2.75, 3.05) is 19.8 Å². The lowest BCUT2D eigenvalue weighted by molar-refractivity contribution is -0.118. The third-order valence-electron chi connectivity index (χ3n) is 1.77. The predicted molar refractivity (Wildman–Crippen MR) is 37.6 cm³/mol. The van der Waals surface area contributed by atoms with E-state index in [1.807, 2.05) is 0 Å². The van der Waals surface area contributed by atoms with Gasteiger partial charge in [0.15, 0.2) is 0 Å². The minimum Gasteiger partial charge on any atom is -0.381 e. The number of hydrogen-bond acceptors (Lipinski definition) is 3. The summed E-state index contributed by atoms with van der Waals surface area (Å²) >= 11 is 0. The molecule has 0 saturated carbocycles. The zero-order valence-electron chi connectivity index (χ0n) is 6.01. The average molecular weight is 143 g/mol. The Morgan fingerprint density at radius 3 is 3.00 bits per heavy atom. The van der Waals surface area contributed by atoms with Crippen LogP contribution < -0.4 is 5.73 Å². The molecule has 0 bridgehead atoms. The maximum absolute atomic E-state index is 10.8. The maximum Gasteiger partial charge on any atom is 0.146 e. The monoisotopic (exact) mass is 143 g/mol. The highest BCUT2D eigenvalue weighted by Gasteiger charge is 2.17. The molecule has 0 aromatic carbocycles. The number of ketones is 1. The Kier molecular flexibility index (Phi) is 2.83. The second kappa shape index (κ2) is 3.68. The van der Waals surface area contributed by atoms with Crippen molar-refractivity contribution in [3.8, 4) is 0 Å². The molecule has 1 fully saturated rings. The van der Waals surface area contributed by atoms with Crippen LogP contribution in [-0.4, -0.2) is 25.5 Å². The van der Waals surface area contributed by atoms with Gasteiger partial charge in [-0.25, -0.2) is 0 Å². The van der Waals surface area contributed by atoms with Crippen LogP contribution in [-0.2, 0) is 9.53 Å². The lowest BCUT2D eigenvalue weighted by Crippen LogP contribution is -2.17. The van der Waals surface area contributed by atoms with Gasteiger partial charge in [0.2, 0.25) is 0 Å². The van der Waals surface area contributed by atoms with Crippen molar-refractivity contribution in [1.29, 1.82) is 0 Å². The van der Waals surface area contributed by atoms with Crippen LogP contribution >= 0.6 is 0 Å². The number of ether oxygens (including phenoxy) is 1. The summed E-state index contributed by atoms with van der Waals surface area (Å²) in [4.78, 5) is 10.8. The van der Waals surface area contributed by atoms with Crippen LogP contribution in [0.1, 0.15) is 12.8 Å². The number of nitrogens with two attached hydrogens (primary N) is 1. The summed E-state index contributed by atoms with van der Waals surface area (Å²) in [6.07, 6.45) is 1.63. The number of hydrogen-bond donors (Lipinski definition) is 1. The fourth-order valence-corrected chi connectivity index (χ4v) is 1.15. The van der Waals surface area contributed by atoms with Gasteiger partial charge in [-0.1, -0.05) is 0 Å². The normalized spacial score (nSPS) is 25.1. The van der Waals surface area contributed by atoms with Gasteiger partial charge in [-0.15, -0.1) is 0 Å². The molecule has 10 heavy (non-hydrogen) atoms. The highest BCUT2D eigenvalue weighted by molar-refractivity contribution is 5.80. The zero-order valence-corrected chi connectivity index (χ0v) is 6.01. The van der Waals surface area contributed by atoms with Crippen LogP contribution in [0.25, 0.3) is 0 Å². The van der Waals surface area contributed by atoms with E-state index in [0.29, 0.717) is 12.3 Å².